The van der Waals surface area contributed by atoms with Crippen molar-refractivity contribution in [2.75, 3.05) is 6.61 Å². The van der Waals surface area contributed by atoms with E-state index in [9.17, 15) is 4.39 Å². The van der Waals surface area contributed by atoms with Gasteiger partial charge in [-0.3, -0.25) is 4.98 Å². The predicted octanol–water partition coefficient (Wildman–Crippen LogP) is 1.17. The molecule has 1 aromatic heterocycles. The van der Waals surface area contributed by atoms with E-state index in [2.05, 4.69) is 4.98 Å². The molecule has 0 aromatic carbocycles. The monoisotopic (exact) mass is 192 g/mol. The number of hydrogen-bond donors (Lipinski definition) is 0. The first-order valence-corrected chi connectivity index (χ1v) is 4.69. The smallest absolute Gasteiger partial charge is 0.158 e. The molecule has 1 unspecified atom stereocenters. The fourth-order valence-electron chi connectivity index (χ4n) is 1.65. The lowest BCUT2D eigenvalue weighted by Crippen LogP contribution is -2.32. The molecule has 14 heavy (non-hydrogen) atoms. The summed E-state index contributed by atoms with van der Waals surface area (Å²) in [7, 11) is 1.92. The Morgan fingerprint density at radius 2 is 2.43 bits per heavy atom. The van der Waals surface area contributed by atoms with Gasteiger partial charge in [0.2, 0.25) is 0 Å². The highest BCUT2D eigenvalue weighted by atomic mass is 19.1. The second-order valence-electron chi connectivity index (χ2n) is 3.74. The van der Waals surface area contributed by atoms with Crippen LogP contribution in [0.5, 0.6) is 0 Å². The van der Waals surface area contributed by atoms with Crippen molar-refractivity contribution in [2.45, 2.75) is 26.0 Å². The molecule has 1 aromatic rings. The Morgan fingerprint density at radius 1 is 1.64 bits per heavy atom. The standard InChI is InChI=1S/C10H12BFNO/c1-10(12)6-14-5-9-8(10)3-7(11-2)4-13-9/h3-4H,5-6H2,1-2H3. The van der Waals surface area contributed by atoms with E-state index < -0.39 is 5.67 Å². The van der Waals surface area contributed by atoms with Crippen LogP contribution in [0.1, 0.15) is 18.2 Å². The maximum Gasteiger partial charge on any atom is 0.158 e. The summed E-state index contributed by atoms with van der Waals surface area (Å²) >= 11 is 0. The molecule has 2 nitrogen and oxygen atoms in total. The lowest BCUT2D eigenvalue weighted by molar-refractivity contribution is -0.00677. The minimum atomic E-state index is -1.40. The van der Waals surface area contributed by atoms with Crippen molar-refractivity contribution in [3.8, 4) is 0 Å². The summed E-state index contributed by atoms with van der Waals surface area (Å²) < 4.78 is 19.1. The summed E-state index contributed by atoms with van der Waals surface area (Å²) in [6.07, 6.45) is 1.74. The maximum atomic E-state index is 14.0. The molecule has 0 N–H and O–H groups in total. The van der Waals surface area contributed by atoms with Crippen molar-refractivity contribution in [3.63, 3.8) is 0 Å². The summed E-state index contributed by atoms with van der Waals surface area (Å²) in [5.41, 5.74) is 0.931. The van der Waals surface area contributed by atoms with Crippen LogP contribution in [0.4, 0.5) is 4.39 Å². The minimum Gasteiger partial charge on any atom is -0.371 e. The van der Waals surface area contributed by atoms with Gasteiger partial charge in [0, 0.05) is 11.8 Å². The third-order valence-corrected chi connectivity index (χ3v) is 2.50. The number of rotatable bonds is 1. The van der Waals surface area contributed by atoms with Crippen LogP contribution in [-0.2, 0) is 17.0 Å². The first-order chi connectivity index (χ1) is 6.63. The average Bonchev–Trinajstić information content (AvgIpc) is 2.17. The summed E-state index contributed by atoms with van der Waals surface area (Å²) in [4.78, 5) is 4.19. The molecular weight excluding hydrogens is 180 g/mol. The molecule has 1 aliphatic heterocycles. The van der Waals surface area contributed by atoms with E-state index in [0.717, 1.165) is 5.46 Å². The molecule has 0 bridgehead atoms. The Balaban J connectivity index is 2.49. The fourth-order valence-corrected chi connectivity index (χ4v) is 1.65. The highest BCUT2D eigenvalue weighted by Crippen LogP contribution is 2.31. The maximum absolute atomic E-state index is 14.0. The summed E-state index contributed by atoms with van der Waals surface area (Å²) in [6.45, 7) is 3.98. The molecule has 0 spiro atoms. The third-order valence-electron chi connectivity index (χ3n) is 2.50. The van der Waals surface area contributed by atoms with E-state index in [1.165, 1.54) is 6.92 Å². The van der Waals surface area contributed by atoms with E-state index in [1.807, 2.05) is 20.2 Å². The van der Waals surface area contributed by atoms with Crippen molar-refractivity contribution >= 4 is 12.7 Å². The van der Waals surface area contributed by atoms with Crippen molar-refractivity contribution in [2.24, 2.45) is 0 Å². The molecular formula is C10H12BFNO. The van der Waals surface area contributed by atoms with Gasteiger partial charge in [0.05, 0.1) is 18.9 Å². The van der Waals surface area contributed by atoms with Crippen LogP contribution in [0, 0.1) is 0 Å². The lowest BCUT2D eigenvalue weighted by atomic mass is 9.73. The Labute approximate surface area is 83.7 Å². The van der Waals surface area contributed by atoms with E-state index in [0.29, 0.717) is 17.9 Å². The molecule has 2 rings (SSSR count). The van der Waals surface area contributed by atoms with E-state index in [1.54, 1.807) is 6.20 Å². The number of aromatic nitrogens is 1. The Hall–Kier alpha value is -0.895. The van der Waals surface area contributed by atoms with Gasteiger partial charge in [-0.25, -0.2) is 4.39 Å². The molecule has 0 saturated carbocycles. The van der Waals surface area contributed by atoms with E-state index >= 15 is 0 Å². The second-order valence-corrected chi connectivity index (χ2v) is 3.74. The van der Waals surface area contributed by atoms with Gasteiger partial charge >= 0.3 is 0 Å². The van der Waals surface area contributed by atoms with Gasteiger partial charge in [0.25, 0.3) is 0 Å². The second kappa shape index (κ2) is 3.35. The number of pyridine rings is 1. The van der Waals surface area contributed by atoms with Gasteiger partial charge in [0.15, 0.2) is 5.67 Å². The molecule has 0 amide bonds. The molecule has 0 aliphatic carbocycles. The van der Waals surface area contributed by atoms with Crippen LogP contribution in [0.3, 0.4) is 0 Å². The quantitative estimate of drug-likeness (QED) is 0.623. The summed E-state index contributed by atoms with van der Waals surface area (Å²) in [5.74, 6) is 0. The Kier molecular flexibility index (Phi) is 2.31. The number of nitrogens with zero attached hydrogens (tertiary/aromatic N) is 1. The van der Waals surface area contributed by atoms with Crippen molar-refractivity contribution < 1.29 is 9.13 Å². The minimum absolute atomic E-state index is 0.120. The van der Waals surface area contributed by atoms with Crippen LogP contribution >= 0.6 is 0 Å². The first kappa shape index (κ1) is 9.65. The lowest BCUT2D eigenvalue weighted by Gasteiger charge is -2.28. The van der Waals surface area contributed by atoms with Crippen LogP contribution in [0.25, 0.3) is 0 Å². The van der Waals surface area contributed by atoms with E-state index in [-0.39, 0.29) is 6.61 Å². The molecule has 1 aliphatic rings. The zero-order chi connectivity index (χ0) is 10.2. The highest BCUT2D eigenvalue weighted by Gasteiger charge is 2.33. The molecule has 2 heterocycles. The molecule has 1 radical (unpaired) electrons. The molecule has 1 atom stereocenters. The van der Waals surface area contributed by atoms with Gasteiger partial charge in [-0.05, 0) is 6.92 Å². The van der Waals surface area contributed by atoms with Crippen molar-refractivity contribution in [1.82, 2.24) is 4.98 Å². The normalized spacial score (nSPS) is 25.6. The third kappa shape index (κ3) is 1.54. The van der Waals surface area contributed by atoms with Gasteiger partial charge in [-0.15, -0.1) is 0 Å². The zero-order valence-corrected chi connectivity index (χ0v) is 8.38. The number of ether oxygens (including phenoxy) is 1. The van der Waals surface area contributed by atoms with Crippen LogP contribution in [0.2, 0.25) is 6.82 Å². The first-order valence-electron chi connectivity index (χ1n) is 4.69. The summed E-state index contributed by atoms with van der Waals surface area (Å²) in [5, 5.41) is 0. The van der Waals surface area contributed by atoms with Gasteiger partial charge < -0.3 is 4.74 Å². The van der Waals surface area contributed by atoms with Gasteiger partial charge in [-0.1, -0.05) is 18.4 Å². The number of hydrogen-bond acceptors (Lipinski definition) is 2. The van der Waals surface area contributed by atoms with Gasteiger partial charge in [-0.2, -0.15) is 0 Å². The largest absolute Gasteiger partial charge is 0.371 e. The molecule has 73 valence electrons. The van der Waals surface area contributed by atoms with Crippen LogP contribution < -0.4 is 5.46 Å². The van der Waals surface area contributed by atoms with Crippen LogP contribution in [0.15, 0.2) is 12.3 Å². The summed E-state index contributed by atoms with van der Waals surface area (Å²) in [6, 6.07) is 1.85. The highest BCUT2D eigenvalue weighted by molar-refractivity contribution is 6.51. The number of fused-ring (bicyclic) bond motifs is 1. The number of halogens is 1. The fraction of sp³-hybridized carbons (Fsp3) is 0.500. The average molecular weight is 192 g/mol. The van der Waals surface area contributed by atoms with Crippen molar-refractivity contribution in [1.29, 1.82) is 0 Å². The Bertz CT molecular complexity index is 354. The Morgan fingerprint density at radius 3 is 3.14 bits per heavy atom. The zero-order valence-electron chi connectivity index (χ0n) is 8.38. The molecule has 0 fully saturated rings. The SMILES string of the molecule is C[B]c1cnc2c(c1)C(C)(F)COC2. The van der Waals surface area contributed by atoms with Gasteiger partial charge in [0.1, 0.15) is 7.28 Å². The topological polar surface area (TPSA) is 22.1 Å². The molecule has 0 saturated heterocycles. The van der Waals surface area contributed by atoms with Crippen molar-refractivity contribution in [3.05, 3.63) is 23.5 Å². The predicted molar refractivity (Wildman–Crippen MR) is 53.6 cm³/mol. The van der Waals surface area contributed by atoms with Crippen LogP contribution in [-0.4, -0.2) is 18.9 Å². The number of alkyl halides is 1. The molecule has 4 heteroatoms. The van der Waals surface area contributed by atoms with E-state index in [4.69, 9.17) is 4.74 Å².